The van der Waals surface area contributed by atoms with Crippen LogP contribution in [0, 0.1) is 17.2 Å². The van der Waals surface area contributed by atoms with Crippen LogP contribution < -0.4 is 0 Å². The van der Waals surface area contributed by atoms with Crippen LogP contribution in [-0.2, 0) is 0 Å². The van der Waals surface area contributed by atoms with Gasteiger partial charge in [0.1, 0.15) is 0 Å². The molecule has 2 atom stereocenters. The Morgan fingerprint density at radius 3 is 2.36 bits per heavy atom. The van der Waals surface area contributed by atoms with Gasteiger partial charge in [-0.15, -0.1) is 0 Å². The molecule has 3 heteroatoms. The molecular formula is C19H25N3. The maximum Gasteiger partial charge on any atom is 0.0991 e. The maximum atomic E-state index is 8.97. The average molecular weight is 295 g/mol. The molecule has 0 aliphatic carbocycles. The third-order valence-corrected chi connectivity index (χ3v) is 4.37. The van der Waals surface area contributed by atoms with Crippen LogP contribution in [0.25, 0.3) is 0 Å². The number of rotatable bonds is 6. The fourth-order valence-corrected chi connectivity index (χ4v) is 3.23. The highest BCUT2D eigenvalue weighted by molar-refractivity contribution is 6.05. The summed E-state index contributed by atoms with van der Waals surface area (Å²) in [6, 6.07) is 10.3. The molecule has 1 aromatic rings. The summed E-state index contributed by atoms with van der Waals surface area (Å²) in [5, 5.41) is 8.97. The second kappa shape index (κ2) is 7.91. The molecule has 116 valence electrons. The topological polar surface area (TPSA) is 39.4 Å². The summed E-state index contributed by atoms with van der Waals surface area (Å²) in [7, 11) is 0. The van der Waals surface area contributed by atoms with E-state index in [1.165, 1.54) is 12.8 Å². The molecule has 0 fully saturated rings. The molecule has 0 aromatic heterocycles. The Labute approximate surface area is 134 Å². The van der Waals surface area contributed by atoms with Crippen LogP contribution in [0.1, 0.15) is 44.7 Å². The highest BCUT2D eigenvalue weighted by Crippen LogP contribution is 2.26. The zero-order valence-corrected chi connectivity index (χ0v) is 13.8. The van der Waals surface area contributed by atoms with E-state index in [4.69, 9.17) is 10.3 Å². The zero-order chi connectivity index (χ0) is 15.9. The average Bonchev–Trinajstić information content (AvgIpc) is 2.57. The van der Waals surface area contributed by atoms with Crippen LogP contribution >= 0.6 is 0 Å². The van der Waals surface area contributed by atoms with Crippen LogP contribution in [-0.4, -0.2) is 29.7 Å². The smallest absolute Gasteiger partial charge is 0.0991 e. The van der Waals surface area contributed by atoms with Gasteiger partial charge in [-0.05, 0) is 43.1 Å². The molecule has 3 nitrogen and oxygen atoms in total. The van der Waals surface area contributed by atoms with Gasteiger partial charge in [0.2, 0.25) is 0 Å². The number of aliphatic imine (C=N–C) groups is 1. The predicted molar refractivity (Wildman–Crippen MR) is 91.9 cm³/mol. The van der Waals surface area contributed by atoms with Gasteiger partial charge in [0, 0.05) is 6.20 Å². The summed E-state index contributed by atoms with van der Waals surface area (Å²) in [6.07, 6.45) is 6.55. The first-order valence-electron chi connectivity index (χ1n) is 8.24. The molecule has 0 amide bonds. The van der Waals surface area contributed by atoms with Crippen molar-refractivity contribution in [3.8, 4) is 6.07 Å². The number of likely N-dealkylation sites (N-methyl/N-ethyl adjacent to an activating group) is 1. The molecule has 0 N–H and O–H groups in total. The molecule has 0 saturated carbocycles. The van der Waals surface area contributed by atoms with E-state index >= 15 is 0 Å². The van der Waals surface area contributed by atoms with E-state index < -0.39 is 0 Å². The molecule has 0 saturated heterocycles. The van der Waals surface area contributed by atoms with Gasteiger partial charge in [-0.2, -0.15) is 5.26 Å². The van der Waals surface area contributed by atoms with Crippen LogP contribution in [0.2, 0.25) is 0 Å². The Hall–Kier alpha value is -1.92. The number of nitriles is 1. The first-order chi connectivity index (χ1) is 10.7. The fourth-order valence-electron chi connectivity index (χ4n) is 3.23. The van der Waals surface area contributed by atoms with Gasteiger partial charge in [-0.1, -0.05) is 45.4 Å². The minimum Gasteiger partial charge on any atom is -0.295 e. The Kier molecular flexibility index (Phi) is 5.91. The van der Waals surface area contributed by atoms with Crippen molar-refractivity contribution in [2.24, 2.45) is 10.9 Å². The Bertz CT molecular complexity index is 574. The minimum absolute atomic E-state index is 0.327. The van der Waals surface area contributed by atoms with Gasteiger partial charge in [0.25, 0.3) is 0 Å². The highest BCUT2D eigenvalue weighted by atomic mass is 15.2. The Morgan fingerprint density at radius 1 is 1.14 bits per heavy atom. The maximum absolute atomic E-state index is 8.97. The third kappa shape index (κ3) is 3.45. The molecule has 0 spiro atoms. The van der Waals surface area contributed by atoms with E-state index in [2.05, 4.69) is 37.8 Å². The van der Waals surface area contributed by atoms with Gasteiger partial charge >= 0.3 is 0 Å². The second-order valence-corrected chi connectivity index (χ2v) is 5.66. The summed E-state index contributed by atoms with van der Waals surface area (Å²) in [6.45, 7) is 8.69. The van der Waals surface area contributed by atoms with Gasteiger partial charge in [0.05, 0.1) is 23.4 Å². The van der Waals surface area contributed by atoms with E-state index in [1.54, 1.807) is 0 Å². The van der Waals surface area contributed by atoms with Crippen molar-refractivity contribution in [1.82, 2.24) is 4.90 Å². The quantitative estimate of drug-likeness (QED) is 0.795. The number of benzene rings is 1. The number of nitrogens with zero attached hydrogens (tertiary/aromatic N) is 3. The van der Waals surface area contributed by atoms with Crippen molar-refractivity contribution in [3.63, 3.8) is 0 Å². The van der Waals surface area contributed by atoms with Crippen molar-refractivity contribution < 1.29 is 0 Å². The van der Waals surface area contributed by atoms with Gasteiger partial charge in [-0.3, -0.25) is 9.89 Å². The fraction of sp³-hybridized carbons (Fsp3) is 0.474. The summed E-state index contributed by atoms with van der Waals surface area (Å²) < 4.78 is 0. The van der Waals surface area contributed by atoms with E-state index in [1.807, 2.05) is 30.5 Å². The predicted octanol–water partition coefficient (Wildman–Crippen LogP) is 4.00. The lowest BCUT2D eigenvalue weighted by atomic mass is 9.85. The van der Waals surface area contributed by atoms with Crippen LogP contribution in [0.5, 0.6) is 0 Å². The molecule has 1 heterocycles. The van der Waals surface area contributed by atoms with E-state index in [9.17, 15) is 0 Å². The largest absolute Gasteiger partial charge is 0.295 e. The molecule has 0 radical (unpaired) electrons. The van der Waals surface area contributed by atoms with Crippen molar-refractivity contribution >= 4 is 5.71 Å². The molecule has 1 aliphatic rings. The van der Waals surface area contributed by atoms with E-state index in [0.717, 1.165) is 24.4 Å². The van der Waals surface area contributed by atoms with Gasteiger partial charge in [-0.25, -0.2) is 0 Å². The summed E-state index contributed by atoms with van der Waals surface area (Å²) >= 11 is 0. The molecule has 1 aromatic carbocycles. The minimum atomic E-state index is 0.327. The van der Waals surface area contributed by atoms with Crippen molar-refractivity contribution in [1.29, 1.82) is 5.26 Å². The normalized spacial score (nSPS) is 20.8. The lowest BCUT2D eigenvalue weighted by Gasteiger charge is -2.37. The van der Waals surface area contributed by atoms with Crippen LogP contribution in [0.4, 0.5) is 0 Å². The Morgan fingerprint density at radius 2 is 1.82 bits per heavy atom. The monoisotopic (exact) mass is 295 g/mol. The summed E-state index contributed by atoms with van der Waals surface area (Å²) in [4.78, 5) is 7.18. The summed E-state index contributed by atoms with van der Waals surface area (Å²) in [5.74, 6) is 0.507. The number of hydrogen-bond acceptors (Lipinski definition) is 3. The SMILES string of the molecule is CCC[C@@H]1C=CN=C(c2ccc(C#N)cc2)[C@H]1N(CC)CC. The lowest BCUT2D eigenvalue weighted by molar-refractivity contribution is 0.221. The molecule has 2 rings (SSSR count). The van der Waals surface area contributed by atoms with Crippen molar-refractivity contribution in [2.45, 2.75) is 39.7 Å². The summed E-state index contributed by atoms with van der Waals surface area (Å²) in [5.41, 5.74) is 2.95. The van der Waals surface area contributed by atoms with Crippen molar-refractivity contribution in [3.05, 3.63) is 47.7 Å². The van der Waals surface area contributed by atoms with Crippen molar-refractivity contribution in [2.75, 3.05) is 13.1 Å². The van der Waals surface area contributed by atoms with E-state index in [-0.39, 0.29) is 0 Å². The molecular weight excluding hydrogens is 270 g/mol. The molecule has 0 bridgehead atoms. The van der Waals surface area contributed by atoms with E-state index in [0.29, 0.717) is 17.5 Å². The first kappa shape index (κ1) is 16.5. The molecule has 0 unspecified atom stereocenters. The zero-order valence-electron chi connectivity index (χ0n) is 13.8. The third-order valence-electron chi connectivity index (χ3n) is 4.37. The first-order valence-corrected chi connectivity index (χ1v) is 8.24. The Balaban J connectivity index is 2.38. The van der Waals surface area contributed by atoms with Gasteiger partial charge in [0.15, 0.2) is 0 Å². The number of hydrogen-bond donors (Lipinski definition) is 0. The molecule has 1 aliphatic heterocycles. The van der Waals surface area contributed by atoms with Crippen LogP contribution in [0.15, 0.2) is 41.5 Å². The second-order valence-electron chi connectivity index (χ2n) is 5.66. The standard InChI is InChI=1S/C19H25N3/c1-4-7-17-12-13-21-18(19(17)22(5-2)6-3)16-10-8-15(14-20)9-11-16/h8-13,17,19H,4-7H2,1-3H3/t17-,19+/m1/s1. The lowest BCUT2D eigenvalue weighted by Crippen LogP contribution is -2.47. The highest BCUT2D eigenvalue weighted by Gasteiger charge is 2.31. The van der Waals surface area contributed by atoms with Crippen LogP contribution in [0.3, 0.4) is 0 Å². The molecule has 22 heavy (non-hydrogen) atoms. The van der Waals surface area contributed by atoms with Gasteiger partial charge < -0.3 is 0 Å².